The molecule has 0 aliphatic carbocycles. The van der Waals surface area contributed by atoms with Crippen LogP contribution in [0.4, 0.5) is 0 Å². The topological polar surface area (TPSA) is 20.2 Å². The Kier molecular flexibility index (Phi) is 6.54. The SMILES string of the molecule is Oc1ccccc1.[Cl][Hg]. The zero-order valence-electron chi connectivity index (χ0n) is 4.92. The molecule has 1 aromatic rings. The molecule has 0 radical (unpaired) electrons. The van der Waals surface area contributed by atoms with Crippen LogP contribution in [-0.4, -0.2) is 5.11 Å². The van der Waals surface area contributed by atoms with Gasteiger partial charge in [0.1, 0.15) is 5.75 Å². The van der Waals surface area contributed by atoms with Gasteiger partial charge in [-0.2, -0.15) is 0 Å². The van der Waals surface area contributed by atoms with Crippen LogP contribution in [0.3, 0.4) is 0 Å². The second kappa shape index (κ2) is 6.37. The van der Waals surface area contributed by atoms with E-state index >= 15 is 0 Å². The average Bonchev–Trinajstić information content (AvgIpc) is 1.94. The van der Waals surface area contributed by atoms with Crippen molar-refractivity contribution in [3.63, 3.8) is 0 Å². The monoisotopic (exact) mass is 331 g/mol. The number of hydrogen-bond acceptors (Lipinski definition) is 1. The summed E-state index contributed by atoms with van der Waals surface area (Å²) in [7, 11) is 4.83. The van der Waals surface area contributed by atoms with Crippen LogP contribution in [0.15, 0.2) is 30.3 Å². The first-order valence-electron chi connectivity index (χ1n) is 2.40. The predicted octanol–water partition coefficient (Wildman–Crippen LogP) is 2.08. The number of phenols is 1. The summed E-state index contributed by atoms with van der Waals surface area (Å²) < 4.78 is 0. The molecule has 45 valence electrons. The fraction of sp³-hybridized carbons (Fsp3) is 0. The first-order chi connectivity index (χ1) is 4.39. The molecule has 0 aliphatic heterocycles. The Morgan fingerprint density at radius 2 is 1.56 bits per heavy atom. The molecule has 0 spiro atoms. The number of aromatic hydroxyl groups is 1. The average molecular weight is 330 g/mol. The molecule has 0 atom stereocenters. The van der Waals surface area contributed by atoms with Gasteiger partial charge >= 0.3 is 33.1 Å². The van der Waals surface area contributed by atoms with E-state index in [-0.39, 0.29) is 0 Å². The molecule has 0 fully saturated rings. The van der Waals surface area contributed by atoms with Gasteiger partial charge in [-0.25, -0.2) is 0 Å². The molecule has 0 heterocycles. The van der Waals surface area contributed by atoms with Crippen LogP contribution in [0.2, 0.25) is 0 Å². The summed E-state index contributed by atoms with van der Waals surface area (Å²) in [5, 5.41) is 8.63. The van der Waals surface area contributed by atoms with Gasteiger partial charge in [0.25, 0.3) is 0 Å². The number of benzene rings is 1. The van der Waals surface area contributed by atoms with Crippen molar-refractivity contribution >= 4 is 8.25 Å². The van der Waals surface area contributed by atoms with Gasteiger partial charge < -0.3 is 5.11 Å². The summed E-state index contributed by atoms with van der Waals surface area (Å²) in [6.07, 6.45) is 0. The van der Waals surface area contributed by atoms with Gasteiger partial charge in [0, 0.05) is 0 Å². The molecule has 3 heteroatoms. The maximum atomic E-state index is 8.63. The Labute approximate surface area is 74.1 Å². The minimum atomic E-state index is 0.322. The molecule has 0 saturated heterocycles. The van der Waals surface area contributed by atoms with E-state index in [9.17, 15) is 0 Å². The number of phenolic OH excluding ortho intramolecular Hbond substituents is 1. The molecule has 0 amide bonds. The zero-order valence-corrected chi connectivity index (χ0v) is 11.2. The summed E-state index contributed by atoms with van der Waals surface area (Å²) in [6.45, 7) is 0. The number of halogens is 1. The van der Waals surface area contributed by atoms with Crippen molar-refractivity contribution in [3.05, 3.63) is 30.3 Å². The van der Waals surface area contributed by atoms with Crippen molar-refractivity contribution < 1.29 is 30.0 Å². The predicted molar refractivity (Wildman–Crippen MR) is 34.0 cm³/mol. The Morgan fingerprint density at radius 3 is 1.78 bits per heavy atom. The molecular weight excluding hydrogens is 324 g/mol. The quantitative estimate of drug-likeness (QED) is 0.722. The van der Waals surface area contributed by atoms with E-state index in [1.54, 1.807) is 24.3 Å². The first-order valence-corrected chi connectivity index (χ1v) is 9.17. The first kappa shape index (κ1) is 9.25. The van der Waals surface area contributed by atoms with Crippen molar-refractivity contribution in [2.75, 3.05) is 0 Å². The molecule has 1 nitrogen and oxygen atoms in total. The molecule has 1 N–H and O–H groups in total. The number of rotatable bonds is 0. The molecule has 0 unspecified atom stereocenters. The second-order valence-corrected chi connectivity index (χ2v) is 1.34. The maximum absolute atomic E-state index is 8.63. The minimum absolute atomic E-state index is 0.322. The molecule has 0 aromatic heterocycles. The molecule has 0 bridgehead atoms. The Balaban J connectivity index is 0.000000291. The molecule has 0 aliphatic rings. The van der Waals surface area contributed by atoms with E-state index in [0.717, 1.165) is 0 Å². The van der Waals surface area contributed by atoms with Crippen LogP contribution >= 0.6 is 8.25 Å². The molecule has 1 aromatic carbocycles. The third kappa shape index (κ3) is 4.73. The van der Waals surface area contributed by atoms with Gasteiger partial charge in [-0.05, 0) is 12.1 Å². The zero-order chi connectivity index (χ0) is 7.11. The third-order valence-electron chi connectivity index (χ3n) is 0.756. The fourth-order valence-electron chi connectivity index (χ4n) is 0.428. The van der Waals surface area contributed by atoms with Gasteiger partial charge in [0.05, 0.1) is 0 Å². The van der Waals surface area contributed by atoms with E-state index < -0.39 is 0 Å². The summed E-state index contributed by atoms with van der Waals surface area (Å²) in [5.74, 6) is 0.322. The summed E-state index contributed by atoms with van der Waals surface area (Å²) in [5.41, 5.74) is 0. The van der Waals surface area contributed by atoms with E-state index in [1.807, 2.05) is 6.07 Å². The normalized spacial score (nSPS) is 7.44. The molecule has 9 heavy (non-hydrogen) atoms. The summed E-state index contributed by atoms with van der Waals surface area (Å²) in [4.78, 5) is 0. The van der Waals surface area contributed by atoms with Crippen molar-refractivity contribution in [3.8, 4) is 5.75 Å². The van der Waals surface area contributed by atoms with Crippen LogP contribution < -0.4 is 0 Å². The summed E-state index contributed by atoms with van der Waals surface area (Å²) in [6, 6.07) is 8.71. The van der Waals surface area contributed by atoms with E-state index in [0.29, 0.717) is 30.6 Å². The number of hydrogen-bond donors (Lipinski definition) is 1. The van der Waals surface area contributed by atoms with E-state index in [4.69, 9.17) is 13.4 Å². The van der Waals surface area contributed by atoms with Crippen molar-refractivity contribution in [1.82, 2.24) is 0 Å². The van der Waals surface area contributed by atoms with Gasteiger partial charge in [0.15, 0.2) is 0 Å². The van der Waals surface area contributed by atoms with Gasteiger partial charge in [0.2, 0.25) is 0 Å². The van der Waals surface area contributed by atoms with Gasteiger partial charge in [-0.15, -0.1) is 0 Å². The van der Waals surface area contributed by atoms with Crippen molar-refractivity contribution in [2.45, 2.75) is 0 Å². The number of para-hydroxylation sites is 1. The molecular formula is C6H6ClHgO. The second-order valence-electron chi connectivity index (χ2n) is 1.34. The Bertz CT molecular complexity index is 143. The Hall–Kier alpha value is 0.245. The molecule has 1 rings (SSSR count). The van der Waals surface area contributed by atoms with Crippen LogP contribution in [0.1, 0.15) is 0 Å². The van der Waals surface area contributed by atoms with E-state index in [1.165, 1.54) is 0 Å². The van der Waals surface area contributed by atoms with Crippen molar-refractivity contribution in [1.29, 1.82) is 0 Å². The van der Waals surface area contributed by atoms with Crippen LogP contribution in [0.25, 0.3) is 0 Å². The standard InChI is InChI=1S/C6H6O.ClH.Hg/c7-6-4-2-1-3-5-6;;/h1-5,7H;1H;/q;;+1/p-1. The third-order valence-corrected chi connectivity index (χ3v) is 0.756. The Morgan fingerprint density at radius 1 is 1.11 bits per heavy atom. The van der Waals surface area contributed by atoms with Crippen LogP contribution in [0.5, 0.6) is 5.75 Å². The van der Waals surface area contributed by atoms with Crippen molar-refractivity contribution in [2.24, 2.45) is 0 Å². The summed E-state index contributed by atoms with van der Waals surface area (Å²) >= 11 is 0.500. The fourth-order valence-corrected chi connectivity index (χ4v) is 0.428. The van der Waals surface area contributed by atoms with Gasteiger partial charge in [-0.1, -0.05) is 18.2 Å². The molecule has 0 saturated carbocycles. The van der Waals surface area contributed by atoms with E-state index in [2.05, 4.69) is 0 Å². The van der Waals surface area contributed by atoms with Crippen LogP contribution in [-0.2, 0) is 24.9 Å². The van der Waals surface area contributed by atoms with Gasteiger partial charge in [-0.3, -0.25) is 0 Å². The van der Waals surface area contributed by atoms with Crippen LogP contribution in [0, 0.1) is 0 Å².